The van der Waals surface area contributed by atoms with Crippen LogP contribution in [-0.2, 0) is 0 Å². The Hall–Kier alpha value is -1.02. The number of hydrogen-bond acceptors (Lipinski definition) is 2. The van der Waals surface area contributed by atoms with Crippen LogP contribution in [0.2, 0.25) is 0 Å². The minimum atomic E-state index is 0.284. The van der Waals surface area contributed by atoms with Gasteiger partial charge in [0.2, 0.25) is 0 Å². The lowest BCUT2D eigenvalue weighted by Gasteiger charge is -2.31. The molecule has 0 radical (unpaired) electrons. The number of rotatable bonds is 9. The average molecular weight is 290 g/mol. The van der Waals surface area contributed by atoms with Crippen LogP contribution in [0.3, 0.4) is 0 Å². The van der Waals surface area contributed by atoms with Gasteiger partial charge in [0.1, 0.15) is 0 Å². The molecule has 0 heterocycles. The topological polar surface area (TPSA) is 52.0 Å². The Morgan fingerprint density at radius 1 is 1.05 bits per heavy atom. The third-order valence-electron chi connectivity index (χ3n) is 4.36. The highest BCUT2D eigenvalue weighted by Crippen LogP contribution is 2.35. The first kappa shape index (κ1) is 18.0. The van der Waals surface area contributed by atoms with E-state index in [1.54, 1.807) is 0 Å². The molecule has 2 unspecified atom stereocenters. The Morgan fingerprint density at radius 3 is 2.24 bits per heavy atom. The van der Waals surface area contributed by atoms with Gasteiger partial charge in [-0.2, -0.15) is 0 Å². The minimum Gasteiger partial charge on any atom is -0.399 e. The SMILES string of the molecule is CCCCCC(N)CC(C)(C)CC(C)c1ccc(N)cc1. The molecule has 120 valence electrons. The molecule has 4 N–H and O–H groups in total. The molecule has 0 aliphatic carbocycles. The molecule has 0 saturated heterocycles. The molecule has 2 heteroatoms. The second-order valence-electron chi connectivity index (χ2n) is 7.40. The van der Waals surface area contributed by atoms with E-state index in [1.807, 2.05) is 12.1 Å². The van der Waals surface area contributed by atoms with E-state index in [-0.39, 0.29) is 5.41 Å². The van der Waals surface area contributed by atoms with Crippen LogP contribution < -0.4 is 11.5 Å². The predicted octanol–water partition coefficient (Wildman–Crippen LogP) is 5.09. The standard InChI is InChI=1S/C19H34N2/c1-5-6-7-8-18(21)14-19(3,4)13-15(2)16-9-11-17(20)12-10-16/h9-12,15,18H,5-8,13-14,20-21H2,1-4H3. The summed E-state index contributed by atoms with van der Waals surface area (Å²) in [6, 6.07) is 8.63. The zero-order chi connectivity index (χ0) is 15.9. The first-order valence-electron chi connectivity index (χ1n) is 8.45. The number of nitrogen functional groups attached to an aromatic ring is 1. The Bertz CT molecular complexity index is 395. The fraction of sp³-hybridized carbons (Fsp3) is 0.684. The molecule has 0 aliphatic heterocycles. The van der Waals surface area contributed by atoms with Crippen molar-refractivity contribution in [2.45, 2.75) is 78.2 Å². The minimum absolute atomic E-state index is 0.284. The average Bonchev–Trinajstić information content (AvgIpc) is 2.38. The van der Waals surface area contributed by atoms with Crippen molar-refractivity contribution in [3.63, 3.8) is 0 Å². The quantitative estimate of drug-likeness (QED) is 0.492. The van der Waals surface area contributed by atoms with Gasteiger partial charge >= 0.3 is 0 Å². The molecule has 0 amide bonds. The summed E-state index contributed by atoms with van der Waals surface area (Å²) < 4.78 is 0. The second kappa shape index (κ2) is 8.43. The van der Waals surface area contributed by atoms with Crippen molar-refractivity contribution < 1.29 is 0 Å². The Balaban J connectivity index is 2.48. The summed E-state index contributed by atoms with van der Waals surface area (Å²) in [5.74, 6) is 0.545. The maximum Gasteiger partial charge on any atom is 0.0314 e. The molecule has 1 aromatic rings. The van der Waals surface area contributed by atoms with E-state index in [0.29, 0.717) is 12.0 Å². The molecule has 2 nitrogen and oxygen atoms in total. The van der Waals surface area contributed by atoms with Gasteiger partial charge < -0.3 is 11.5 Å². The zero-order valence-corrected chi connectivity index (χ0v) is 14.4. The summed E-state index contributed by atoms with van der Waals surface area (Å²) in [4.78, 5) is 0. The number of anilines is 1. The van der Waals surface area contributed by atoms with Crippen LogP contribution in [0, 0.1) is 5.41 Å². The molecular weight excluding hydrogens is 256 g/mol. The second-order valence-corrected chi connectivity index (χ2v) is 7.40. The van der Waals surface area contributed by atoms with Gasteiger partial charge in [0.15, 0.2) is 0 Å². The van der Waals surface area contributed by atoms with Gasteiger partial charge in [-0.05, 0) is 48.3 Å². The van der Waals surface area contributed by atoms with Gasteiger partial charge in [-0.15, -0.1) is 0 Å². The lowest BCUT2D eigenvalue weighted by Crippen LogP contribution is -2.28. The van der Waals surface area contributed by atoms with Crippen molar-refractivity contribution in [1.29, 1.82) is 0 Å². The highest BCUT2D eigenvalue weighted by molar-refractivity contribution is 5.40. The van der Waals surface area contributed by atoms with Crippen molar-refractivity contribution in [2.75, 3.05) is 5.73 Å². The van der Waals surface area contributed by atoms with Crippen molar-refractivity contribution in [3.05, 3.63) is 29.8 Å². The molecule has 1 rings (SSSR count). The highest BCUT2D eigenvalue weighted by atomic mass is 14.6. The summed E-state index contributed by atoms with van der Waals surface area (Å²) in [5, 5.41) is 0. The number of nitrogens with two attached hydrogens (primary N) is 2. The fourth-order valence-corrected chi connectivity index (χ4v) is 3.32. The first-order valence-corrected chi connectivity index (χ1v) is 8.45. The van der Waals surface area contributed by atoms with E-state index in [9.17, 15) is 0 Å². The number of benzene rings is 1. The van der Waals surface area contributed by atoms with Crippen LogP contribution in [-0.4, -0.2) is 6.04 Å². The lowest BCUT2D eigenvalue weighted by molar-refractivity contribution is 0.257. The van der Waals surface area contributed by atoms with Gasteiger partial charge in [0, 0.05) is 11.7 Å². The van der Waals surface area contributed by atoms with Gasteiger partial charge in [0.05, 0.1) is 0 Å². The molecule has 1 aromatic carbocycles. The molecule has 2 atom stereocenters. The summed E-state index contributed by atoms with van der Waals surface area (Å²) in [5.41, 5.74) is 14.6. The smallest absolute Gasteiger partial charge is 0.0314 e. The van der Waals surface area contributed by atoms with Gasteiger partial charge in [-0.3, -0.25) is 0 Å². The molecule has 0 fully saturated rings. The van der Waals surface area contributed by atoms with Crippen LogP contribution in [0.1, 0.15) is 77.7 Å². The maximum atomic E-state index is 6.32. The number of unbranched alkanes of at least 4 members (excludes halogenated alkanes) is 2. The van der Waals surface area contributed by atoms with Gasteiger partial charge in [-0.25, -0.2) is 0 Å². The Labute approximate surface area is 131 Å². The summed E-state index contributed by atoms with van der Waals surface area (Å²) in [7, 11) is 0. The molecule has 0 bridgehead atoms. The van der Waals surface area contributed by atoms with E-state index in [1.165, 1.54) is 31.2 Å². The van der Waals surface area contributed by atoms with Crippen LogP contribution in [0.25, 0.3) is 0 Å². The molecule has 0 saturated carbocycles. The number of hydrogen-bond donors (Lipinski definition) is 2. The normalized spacial score (nSPS) is 14.9. The zero-order valence-electron chi connectivity index (χ0n) is 14.4. The fourth-order valence-electron chi connectivity index (χ4n) is 3.32. The third-order valence-corrected chi connectivity index (χ3v) is 4.36. The monoisotopic (exact) mass is 290 g/mol. The maximum absolute atomic E-state index is 6.32. The van der Waals surface area contributed by atoms with Crippen LogP contribution in [0.4, 0.5) is 5.69 Å². The third kappa shape index (κ3) is 6.99. The Morgan fingerprint density at radius 2 is 1.67 bits per heavy atom. The molecular formula is C19H34N2. The van der Waals surface area contributed by atoms with E-state index >= 15 is 0 Å². The van der Waals surface area contributed by atoms with E-state index in [4.69, 9.17) is 11.5 Å². The van der Waals surface area contributed by atoms with E-state index < -0.39 is 0 Å². The van der Waals surface area contributed by atoms with Crippen LogP contribution in [0.15, 0.2) is 24.3 Å². The van der Waals surface area contributed by atoms with Crippen LogP contribution >= 0.6 is 0 Å². The predicted molar refractivity (Wildman–Crippen MR) is 94.4 cm³/mol. The lowest BCUT2D eigenvalue weighted by atomic mass is 9.76. The van der Waals surface area contributed by atoms with Crippen molar-refractivity contribution in [1.82, 2.24) is 0 Å². The molecule has 0 spiro atoms. The molecule has 21 heavy (non-hydrogen) atoms. The molecule has 0 aromatic heterocycles. The van der Waals surface area contributed by atoms with E-state index in [2.05, 4.69) is 39.8 Å². The Kier molecular flexibility index (Phi) is 7.24. The van der Waals surface area contributed by atoms with Crippen molar-refractivity contribution >= 4 is 5.69 Å². The van der Waals surface area contributed by atoms with E-state index in [0.717, 1.165) is 18.5 Å². The highest BCUT2D eigenvalue weighted by Gasteiger charge is 2.24. The summed E-state index contributed by atoms with van der Waals surface area (Å²) in [6.07, 6.45) is 7.27. The summed E-state index contributed by atoms with van der Waals surface area (Å²) >= 11 is 0. The largest absolute Gasteiger partial charge is 0.399 e. The molecule has 0 aliphatic rings. The van der Waals surface area contributed by atoms with Crippen molar-refractivity contribution in [3.8, 4) is 0 Å². The summed E-state index contributed by atoms with van der Waals surface area (Å²) in [6.45, 7) is 9.24. The van der Waals surface area contributed by atoms with Crippen molar-refractivity contribution in [2.24, 2.45) is 11.1 Å². The van der Waals surface area contributed by atoms with Crippen LogP contribution in [0.5, 0.6) is 0 Å². The van der Waals surface area contributed by atoms with Gasteiger partial charge in [0.25, 0.3) is 0 Å². The first-order chi connectivity index (χ1) is 9.84. The van der Waals surface area contributed by atoms with Gasteiger partial charge in [-0.1, -0.05) is 59.1 Å².